The molecule has 3 rings (SSSR count). The molecular formula is C12H18N4O3. The van der Waals surface area contributed by atoms with Gasteiger partial charge in [0.15, 0.2) is 5.82 Å². The first-order chi connectivity index (χ1) is 9.28. The van der Waals surface area contributed by atoms with Gasteiger partial charge in [-0.3, -0.25) is 4.79 Å². The monoisotopic (exact) mass is 266 g/mol. The van der Waals surface area contributed by atoms with Crippen molar-refractivity contribution in [3.05, 3.63) is 5.82 Å². The molecule has 0 spiro atoms. The first-order valence-corrected chi connectivity index (χ1v) is 6.65. The number of carbonyl (C=O) groups excluding carboxylic acids is 1. The molecule has 2 atom stereocenters. The minimum Gasteiger partial charge on any atom is -0.469 e. The number of hydrogen-bond donors (Lipinski definition) is 1. The second-order valence-corrected chi connectivity index (χ2v) is 4.88. The van der Waals surface area contributed by atoms with E-state index in [-0.39, 0.29) is 24.5 Å². The summed E-state index contributed by atoms with van der Waals surface area (Å²) in [5.41, 5.74) is 0. The molecular weight excluding hydrogens is 248 g/mol. The number of aromatic nitrogens is 3. The van der Waals surface area contributed by atoms with E-state index in [1.54, 1.807) is 0 Å². The minimum atomic E-state index is -0.323. The fraction of sp³-hybridized carbons (Fsp3) is 0.750. The Morgan fingerprint density at radius 2 is 2.47 bits per heavy atom. The van der Waals surface area contributed by atoms with Gasteiger partial charge in [-0.15, -0.1) is 0 Å². The summed E-state index contributed by atoms with van der Waals surface area (Å²) in [5, 5.41) is 7.64. The van der Waals surface area contributed by atoms with Crippen LogP contribution in [0.25, 0.3) is 0 Å². The third kappa shape index (κ3) is 2.42. The quantitative estimate of drug-likeness (QED) is 0.804. The Morgan fingerprint density at radius 1 is 1.58 bits per heavy atom. The van der Waals surface area contributed by atoms with Crippen molar-refractivity contribution in [3.8, 4) is 0 Å². The lowest BCUT2D eigenvalue weighted by molar-refractivity contribution is -0.139. The zero-order chi connectivity index (χ0) is 13.2. The summed E-state index contributed by atoms with van der Waals surface area (Å²) in [4.78, 5) is 15.6. The maximum Gasteiger partial charge on any atom is 0.313 e. The van der Waals surface area contributed by atoms with Crippen molar-refractivity contribution in [3.63, 3.8) is 0 Å². The molecule has 0 amide bonds. The Kier molecular flexibility index (Phi) is 3.37. The van der Waals surface area contributed by atoms with E-state index in [0.717, 1.165) is 38.4 Å². The van der Waals surface area contributed by atoms with Crippen LogP contribution in [0.5, 0.6) is 0 Å². The van der Waals surface area contributed by atoms with E-state index in [9.17, 15) is 4.79 Å². The van der Waals surface area contributed by atoms with Gasteiger partial charge in [-0.2, -0.15) is 10.1 Å². The number of rotatable bonds is 3. The number of nitrogens with zero attached hydrogens (tertiary/aromatic N) is 3. The zero-order valence-electron chi connectivity index (χ0n) is 11.0. The lowest BCUT2D eigenvalue weighted by Gasteiger charge is -2.28. The molecule has 7 heteroatoms. The van der Waals surface area contributed by atoms with E-state index in [0.29, 0.717) is 5.82 Å². The molecule has 3 heterocycles. The molecule has 2 aliphatic heterocycles. The van der Waals surface area contributed by atoms with Crippen LogP contribution in [0.2, 0.25) is 0 Å². The normalized spacial score (nSPS) is 25.7. The molecule has 2 unspecified atom stereocenters. The van der Waals surface area contributed by atoms with Crippen molar-refractivity contribution in [2.75, 3.05) is 25.6 Å². The first kappa shape index (κ1) is 12.4. The molecule has 1 aromatic rings. The fourth-order valence-electron chi connectivity index (χ4n) is 2.70. The smallest absolute Gasteiger partial charge is 0.313 e. The third-order valence-electron chi connectivity index (χ3n) is 3.64. The maximum atomic E-state index is 11.3. The molecule has 1 N–H and O–H groups in total. The van der Waals surface area contributed by atoms with Crippen molar-refractivity contribution in [2.24, 2.45) is 0 Å². The van der Waals surface area contributed by atoms with Crippen molar-refractivity contribution in [1.82, 2.24) is 14.8 Å². The van der Waals surface area contributed by atoms with E-state index < -0.39 is 0 Å². The molecule has 0 saturated carbocycles. The predicted octanol–water partition coefficient (Wildman–Crippen LogP) is 0.529. The summed E-state index contributed by atoms with van der Waals surface area (Å²) in [6, 6.07) is 0.220. The van der Waals surface area contributed by atoms with Gasteiger partial charge in [0.05, 0.1) is 19.3 Å². The first-order valence-electron chi connectivity index (χ1n) is 6.65. The molecule has 1 fully saturated rings. The van der Waals surface area contributed by atoms with Crippen LogP contribution in [-0.4, -0.2) is 47.1 Å². The number of anilines is 1. The molecule has 7 nitrogen and oxygen atoms in total. The Bertz CT molecular complexity index is 468. The van der Waals surface area contributed by atoms with Crippen LogP contribution < -0.4 is 5.32 Å². The van der Waals surface area contributed by atoms with Gasteiger partial charge < -0.3 is 14.8 Å². The van der Waals surface area contributed by atoms with Crippen LogP contribution >= 0.6 is 0 Å². The van der Waals surface area contributed by atoms with Crippen LogP contribution in [0.1, 0.15) is 31.1 Å². The van der Waals surface area contributed by atoms with E-state index in [4.69, 9.17) is 4.74 Å². The number of hydrogen-bond acceptors (Lipinski definition) is 6. The molecule has 1 saturated heterocycles. The summed E-state index contributed by atoms with van der Waals surface area (Å²) >= 11 is 0. The number of fused-ring (bicyclic) bond motifs is 1. The molecule has 0 aliphatic carbocycles. The average molecular weight is 266 g/mol. The molecule has 0 radical (unpaired) electrons. The van der Waals surface area contributed by atoms with Gasteiger partial charge in [-0.1, -0.05) is 0 Å². The number of esters is 1. The van der Waals surface area contributed by atoms with Crippen molar-refractivity contribution < 1.29 is 14.3 Å². The van der Waals surface area contributed by atoms with Gasteiger partial charge in [-0.25, -0.2) is 4.68 Å². The van der Waals surface area contributed by atoms with Gasteiger partial charge >= 0.3 is 5.97 Å². The molecule has 0 bridgehead atoms. The number of methoxy groups -OCH3 is 1. The van der Waals surface area contributed by atoms with E-state index in [1.165, 1.54) is 7.11 Å². The van der Waals surface area contributed by atoms with E-state index in [2.05, 4.69) is 20.1 Å². The number of nitrogens with one attached hydrogen (secondary N) is 1. The zero-order valence-corrected chi connectivity index (χ0v) is 11.0. The Hall–Kier alpha value is -1.63. The van der Waals surface area contributed by atoms with Crippen molar-refractivity contribution >= 4 is 11.9 Å². The Labute approximate surface area is 111 Å². The molecule has 19 heavy (non-hydrogen) atoms. The molecule has 2 aliphatic rings. The summed E-state index contributed by atoms with van der Waals surface area (Å²) in [6.07, 6.45) is 3.47. The lowest BCUT2D eigenvalue weighted by Crippen LogP contribution is -2.32. The number of carbonyl (C=O) groups is 1. The summed E-state index contributed by atoms with van der Waals surface area (Å²) in [6.45, 7) is 1.69. The topological polar surface area (TPSA) is 78.3 Å². The maximum absolute atomic E-state index is 11.3. The van der Waals surface area contributed by atoms with Crippen LogP contribution in [0.15, 0.2) is 0 Å². The second-order valence-electron chi connectivity index (χ2n) is 4.88. The van der Waals surface area contributed by atoms with Gasteiger partial charge in [0.1, 0.15) is 6.42 Å². The standard InChI is InChI=1S/C12H18N4O3/c1-18-11(17)7-10-14-12-13-5-4-8(16(12)15-10)9-3-2-6-19-9/h8-9H,2-7H2,1H3,(H,13,14,15). The van der Waals surface area contributed by atoms with Crippen LogP contribution in [-0.2, 0) is 20.7 Å². The van der Waals surface area contributed by atoms with Crippen LogP contribution in [0.4, 0.5) is 5.95 Å². The molecule has 1 aromatic heterocycles. The third-order valence-corrected chi connectivity index (χ3v) is 3.64. The van der Waals surface area contributed by atoms with E-state index >= 15 is 0 Å². The Balaban J connectivity index is 1.81. The van der Waals surface area contributed by atoms with Gasteiger partial charge in [0.2, 0.25) is 5.95 Å². The highest BCUT2D eigenvalue weighted by atomic mass is 16.5. The second kappa shape index (κ2) is 5.16. The highest BCUT2D eigenvalue weighted by Gasteiger charge is 2.32. The fourth-order valence-corrected chi connectivity index (χ4v) is 2.70. The summed E-state index contributed by atoms with van der Waals surface area (Å²) < 4.78 is 12.3. The summed E-state index contributed by atoms with van der Waals surface area (Å²) in [5.74, 6) is 0.904. The number of ether oxygens (including phenoxy) is 2. The van der Waals surface area contributed by atoms with Gasteiger partial charge in [-0.05, 0) is 19.3 Å². The predicted molar refractivity (Wildman–Crippen MR) is 66.9 cm³/mol. The molecule has 0 aromatic carbocycles. The average Bonchev–Trinajstić information content (AvgIpc) is 3.06. The van der Waals surface area contributed by atoms with Crippen LogP contribution in [0.3, 0.4) is 0 Å². The van der Waals surface area contributed by atoms with Crippen molar-refractivity contribution in [1.29, 1.82) is 0 Å². The molecule has 104 valence electrons. The minimum absolute atomic E-state index is 0.108. The lowest BCUT2D eigenvalue weighted by atomic mass is 10.0. The summed E-state index contributed by atoms with van der Waals surface area (Å²) in [7, 11) is 1.37. The highest BCUT2D eigenvalue weighted by molar-refractivity contribution is 5.71. The largest absolute Gasteiger partial charge is 0.469 e. The van der Waals surface area contributed by atoms with Gasteiger partial charge in [0, 0.05) is 13.2 Å². The SMILES string of the molecule is COC(=O)Cc1nc2n(n1)C(C1CCCO1)CCN2. The van der Waals surface area contributed by atoms with Gasteiger partial charge in [0.25, 0.3) is 0 Å². The highest BCUT2D eigenvalue weighted by Crippen LogP contribution is 2.31. The van der Waals surface area contributed by atoms with Crippen LogP contribution in [0, 0.1) is 0 Å². The van der Waals surface area contributed by atoms with Crippen molar-refractivity contribution in [2.45, 2.75) is 37.8 Å². The Morgan fingerprint density at radius 3 is 3.21 bits per heavy atom. The van der Waals surface area contributed by atoms with E-state index in [1.807, 2.05) is 4.68 Å².